The fourth-order valence-electron chi connectivity index (χ4n) is 3.88. The second kappa shape index (κ2) is 10.9. The number of alkyl halides is 3. The van der Waals surface area contributed by atoms with Gasteiger partial charge in [-0.15, -0.1) is 0 Å². The highest BCUT2D eigenvalue weighted by Crippen LogP contribution is 2.36. The molecule has 2 aromatic carbocycles. The number of hydrogen-bond acceptors (Lipinski definition) is 4. The SMILES string of the molecule is CC(C)OCc1ccccc1CNC(=O)C1CCN(S(=O)(=O)c2ccccc2C(F)(F)F)CC1. The molecule has 34 heavy (non-hydrogen) atoms. The number of hydrogen-bond donors (Lipinski definition) is 1. The van der Waals surface area contributed by atoms with Crippen molar-refractivity contribution < 1.29 is 31.1 Å². The van der Waals surface area contributed by atoms with Gasteiger partial charge in [0.15, 0.2) is 0 Å². The number of carbonyl (C=O) groups is 1. The normalized spacial score (nSPS) is 16.1. The highest BCUT2D eigenvalue weighted by atomic mass is 32.2. The summed E-state index contributed by atoms with van der Waals surface area (Å²) in [5, 5.41) is 2.90. The van der Waals surface area contributed by atoms with E-state index < -0.39 is 32.6 Å². The van der Waals surface area contributed by atoms with Gasteiger partial charge in [-0.05, 0) is 49.9 Å². The van der Waals surface area contributed by atoms with Crippen LogP contribution in [-0.4, -0.2) is 37.8 Å². The van der Waals surface area contributed by atoms with Crippen LogP contribution < -0.4 is 5.32 Å². The molecule has 1 aliphatic rings. The van der Waals surface area contributed by atoms with Crippen LogP contribution >= 0.6 is 0 Å². The monoisotopic (exact) mass is 498 g/mol. The summed E-state index contributed by atoms with van der Waals surface area (Å²) < 4.78 is 72.4. The third-order valence-electron chi connectivity index (χ3n) is 5.78. The number of ether oxygens (including phenoxy) is 1. The lowest BCUT2D eigenvalue weighted by Gasteiger charge is -2.31. The van der Waals surface area contributed by atoms with E-state index in [9.17, 15) is 26.4 Å². The van der Waals surface area contributed by atoms with Crippen LogP contribution in [0.3, 0.4) is 0 Å². The Balaban J connectivity index is 1.60. The summed E-state index contributed by atoms with van der Waals surface area (Å²) in [7, 11) is -4.33. The third-order valence-corrected chi connectivity index (χ3v) is 7.74. The van der Waals surface area contributed by atoms with Crippen molar-refractivity contribution in [1.82, 2.24) is 9.62 Å². The van der Waals surface area contributed by atoms with Gasteiger partial charge >= 0.3 is 6.18 Å². The summed E-state index contributed by atoms with van der Waals surface area (Å²) in [6.07, 6.45) is -4.24. The molecule has 0 spiro atoms. The van der Waals surface area contributed by atoms with Crippen LogP contribution in [-0.2, 0) is 38.9 Å². The first-order chi connectivity index (χ1) is 16.0. The van der Waals surface area contributed by atoms with Crippen molar-refractivity contribution in [2.75, 3.05) is 13.1 Å². The van der Waals surface area contributed by atoms with Crippen LogP contribution in [0.25, 0.3) is 0 Å². The number of carbonyl (C=O) groups excluding carboxylic acids is 1. The van der Waals surface area contributed by atoms with Gasteiger partial charge in [0.1, 0.15) is 0 Å². The van der Waals surface area contributed by atoms with Crippen LogP contribution in [0.1, 0.15) is 43.4 Å². The Hall–Kier alpha value is -2.43. The Bertz CT molecular complexity index is 1100. The number of nitrogens with one attached hydrogen (secondary N) is 1. The summed E-state index contributed by atoms with van der Waals surface area (Å²) in [6, 6.07) is 11.8. The molecule has 1 aliphatic heterocycles. The first-order valence-electron chi connectivity index (χ1n) is 11.1. The van der Waals surface area contributed by atoms with Crippen LogP contribution in [0.5, 0.6) is 0 Å². The van der Waals surface area contributed by atoms with Crippen molar-refractivity contribution in [3.05, 3.63) is 65.2 Å². The molecule has 10 heteroatoms. The quantitative estimate of drug-likeness (QED) is 0.587. The van der Waals surface area contributed by atoms with Gasteiger partial charge in [0, 0.05) is 25.6 Å². The third kappa shape index (κ3) is 6.37. The number of halogens is 3. The van der Waals surface area contributed by atoms with E-state index in [0.29, 0.717) is 13.2 Å². The molecule has 6 nitrogen and oxygen atoms in total. The lowest BCUT2D eigenvalue weighted by atomic mass is 9.97. The van der Waals surface area contributed by atoms with Crippen molar-refractivity contribution >= 4 is 15.9 Å². The van der Waals surface area contributed by atoms with Gasteiger partial charge in [0.2, 0.25) is 15.9 Å². The molecule has 0 aliphatic carbocycles. The molecule has 0 saturated carbocycles. The average molecular weight is 499 g/mol. The molecule has 0 unspecified atom stereocenters. The molecule has 1 N–H and O–H groups in total. The number of amides is 1. The molecule has 3 rings (SSSR count). The molecule has 0 radical (unpaired) electrons. The number of piperidine rings is 1. The lowest BCUT2D eigenvalue weighted by Crippen LogP contribution is -2.43. The lowest BCUT2D eigenvalue weighted by molar-refractivity contribution is -0.139. The van der Waals surface area contributed by atoms with Crippen LogP contribution in [0.15, 0.2) is 53.4 Å². The number of sulfonamides is 1. The minimum Gasteiger partial charge on any atom is -0.374 e. The maximum Gasteiger partial charge on any atom is 0.417 e. The minimum absolute atomic E-state index is 0.0224. The molecule has 186 valence electrons. The van der Waals surface area contributed by atoms with Crippen LogP contribution in [0.4, 0.5) is 13.2 Å². The van der Waals surface area contributed by atoms with Crippen LogP contribution in [0.2, 0.25) is 0 Å². The molecular weight excluding hydrogens is 469 g/mol. The van der Waals surface area contributed by atoms with Gasteiger partial charge in [-0.3, -0.25) is 4.79 Å². The summed E-state index contributed by atoms with van der Waals surface area (Å²) in [5.74, 6) is -0.615. The predicted octanol–water partition coefficient (Wildman–Crippen LogP) is 4.35. The molecule has 0 aromatic heterocycles. The van der Waals surface area contributed by atoms with Crippen molar-refractivity contribution in [2.24, 2.45) is 5.92 Å². The number of rotatable bonds is 8. The van der Waals surface area contributed by atoms with E-state index in [0.717, 1.165) is 33.6 Å². The van der Waals surface area contributed by atoms with Gasteiger partial charge in [-0.25, -0.2) is 8.42 Å². The number of nitrogens with zero attached hydrogens (tertiary/aromatic N) is 1. The summed E-state index contributed by atoms with van der Waals surface area (Å²) in [4.78, 5) is 11.9. The topological polar surface area (TPSA) is 75.7 Å². The Morgan fingerprint density at radius 2 is 1.65 bits per heavy atom. The fraction of sp³-hybridized carbons (Fsp3) is 0.458. The summed E-state index contributed by atoms with van der Waals surface area (Å²) in [6.45, 7) is 4.58. The first-order valence-corrected chi connectivity index (χ1v) is 12.6. The maximum atomic E-state index is 13.3. The van der Waals surface area contributed by atoms with Gasteiger partial charge in [-0.1, -0.05) is 36.4 Å². The zero-order valence-electron chi connectivity index (χ0n) is 19.1. The Labute approximate surface area is 198 Å². The molecule has 1 fully saturated rings. The van der Waals surface area contributed by atoms with Gasteiger partial charge in [0.05, 0.1) is 23.2 Å². The van der Waals surface area contributed by atoms with E-state index in [4.69, 9.17) is 4.74 Å². The molecule has 2 aromatic rings. The van der Waals surface area contributed by atoms with E-state index in [-0.39, 0.29) is 37.9 Å². The number of benzene rings is 2. The molecule has 1 saturated heterocycles. The summed E-state index contributed by atoms with van der Waals surface area (Å²) >= 11 is 0. The second-order valence-electron chi connectivity index (χ2n) is 8.52. The molecular formula is C24H29F3N2O4S. The zero-order chi connectivity index (χ0) is 24.9. The fourth-order valence-corrected chi connectivity index (χ4v) is 5.56. The van der Waals surface area contributed by atoms with Crippen molar-refractivity contribution in [2.45, 2.75) is 57.0 Å². The van der Waals surface area contributed by atoms with Crippen molar-refractivity contribution in [3.8, 4) is 0 Å². The van der Waals surface area contributed by atoms with Gasteiger partial charge in [-0.2, -0.15) is 17.5 Å². The molecule has 0 atom stereocenters. The van der Waals surface area contributed by atoms with Crippen LogP contribution in [0, 0.1) is 5.92 Å². The average Bonchev–Trinajstić information content (AvgIpc) is 2.81. The zero-order valence-corrected chi connectivity index (χ0v) is 20.0. The van der Waals surface area contributed by atoms with Crippen molar-refractivity contribution in [1.29, 1.82) is 0 Å². The van der Waals surface area contributed by atoms with E-state index in [1.54, 1.807) is 0 Å². The smallest absolute Gasteiger partial charge is 0.374 e. The minimum atomic E-state index is -4.78. The highest BCUT2D eigenvalue weighted by Gasteiger charge is 2.40. The standard InChI is InChI=1S/C24H29F3N2O4S/c1-17(2)33-16-20-8-4-3-7-19(20)15-28-23(30)18-11-13-29(14-12-18)34(31,32)22-10-6-5-9-21(22)24(25,26)27/h3-10,17-18H,11-16H2,1-2H3,(H,28,30). The van der Waals surface area contributed by atoms with E-state index in [1.165, 1.54) is 6.07 Å². The van der Waals surface area contributed by atoms with Gasteiger partial charge < -0.3 is 10.1 Å². The Kier molecular flexibility index (Phi) is 8.38. The first kappa shape index (κ1) is 26.2. The molecule has 0 bridgehead atoms. The predicted molar refractivity (Wildman–Crippen MR) is 121 cm³/mol. The molecule has 1 amide bonds. The maximum absolute atomic E-state index is 13.3. The Morgan fingerprint density at radius 3 is 2.26 bits per heavy atom. The van der Waals surface area contributed by atoms with E-state index in [2.05, 4.69) is 5.32 Å². The Morgan fingerprint density at radius 1 is 1.06 bits per heavy atom. The second-order valence-corrected chi connectivity index (χ2v) is 10.4. The van der Waals surface area contributed by atoms with Crippen molar-refractivity contribution in [3.63, 3.8) is 0 Å². The van der Waals surface area contributed by atoms with E-state index >= 15 is 0 Å². The van der Waals surface area contributed by atoms with E-state index in [1.807, 2.05) is 38.1 Å². The van der Waals surface area contributed by atoms with Gasteiger partial charge in [0.25, 0.3) is 0 Å². The highest BCUT2D eigenvalue weighted by molar-refractivity contribution is 7.89. The molecule has 1 heterocycles. The summed E-state index contributed by atoms with van der Waals surface area (Å²) in [5.41, 5.74) is 0.719. The largest absolute Gasteiger partial charge is 0.417 e.